The molecule has 2 aromatic rings. The van der Waals surface area contributed by atoms with E-state index < -0.39 is 0 Å². The number of piperazine rings is 1. The van der Waals surface area contributed by atoms with Crippen LogP contribution in [0.3, 0.4) is 0 Å². The van der Waals surface area contributed by atoms with E-state index in [-0.39, 0.29) is 11.7 Å². The summed E-state index contributed by atoms with van der Waals surface area (Å²) in [5.74, 6) is -0.379. The van der Waals surface area contributed by atoms with Crippen molar-refractivity contribution in [1.29, 1.82) is 0 Å². The number of hydrogen-bond acceptors (Lipinski definition) is 3. The normalized spacial score (nSPS) is 15.0. The topological polar surface area (TPSA) is 49.6 Å². The molecule has 1 saturated heterocycles. The predicted molar refractivity (Wildman–Crippen MR) is 85.4 cm³/mol. The van der Waals surface area contributed by atoms with Crippen LogP contribution in [-0.4, -0.2) is 37.0 Å². The number of carbonyl (C=O) groups is 1. The average molecular weight is 299 g/mol. The molecule has 1 aliphatic rings. The highest BCUT2D eigenvalue weighted by Gasteiger charge is 2.22. The van der Waals surface area contributed by atoms with E-state index in [1.54, 1.807) is 4.90 Å². The second kappa shape index (κ2) is 6.05. The van der Waals surface area contributed by atoms with E-state index in [1.165, 1.54) is 24.3 Å². The molecular formula is C17H18FN3O. The fourth-order valence-corrected chi connectivity index (χ4v) is 2.66. The largest absolute Gasteiger partial charge is 0.399 e. The lowest BCUT2D eigenvalue weighted by atomic mass is 10.1. The summed E-state index contributed by atoms with van der Waals surface area (Å²) in [6.45, 7) is 2.81. The number of carbonyl (C=O) groups excluding carboxylic acids is 1. The Morgan fingerprint density at radius 1 is 1.00 bits per heavy atom. The van der Waals surface area contributed by atoms with Gasteiger partial charge in [-0.25, -0.2) is 4.39 Å². The third kappa shape index (κ3) is 3.03. The molecule has 3 rings (SSSR count). The van der Waals surface area contributed by atoms with Gasteiger partial charge in [0.1, 0.15) is 5.82 Å². The molecule has 0 spiro atoms. The number of anilines is 2. The van der Waals surface area contributed by atoms with Crippen molar-refractivity contribution in [3.05, 3.63) is 59.9 Å². The molecule has 0 atom stereocenters. The van der Waals surface area contributed by atoms with Crippen molar-refractivity contribution in [2.75, 3.05) is 36.8 Å². The van der Waals surface area contributed by atoms with Gasteiger partial charge in [-0.15, -0.1) is 0 Å². The van der Waals surface area contributed by atoms with Gasteiger partial charge in [-0.2, -0.15) is 0 Å². The van der Waals surface area contributed by atoms with Gasteiger partial charge in [0.25, 0.3) is 5.91 Å². The van der Waals surface area contributed by atoms with Crippen LogP contribution in [0.2, 0.25) is 0 Å². The van der Waals surface area contributed by atoms with Gasteiger partial charge in [0.15, 0.2) is 0 Å². The number of nitrogens with two attached hydrogens (primary N) is 1. The van der Waals surface area contributed by atoms with Crippen molar-refractivity contribution in [1.82, 2.24) is 4.90 Å². The first-order valence-corrected chi connectivity index (χ1v) is 7.29. The minimum atomic E-state index is -0.331. The summed E-state index contributed by atoms with van der Waals surface area (Å²) in [4.78, 5) is 16.4. The van der Waals surface area contributed by atoms with Gasteiger partial charge in [-0.3, -0.25) is 4.79 Å². The molecular weight excluding hydrogens is 281 g/mol. The summed E-state index contributed by atoms with van der Waals surface area (Å²) in [5, 5.41) is 0. The molecule has 22 heavy (non-hydrogen) atoms. The zero-order chi connectivity index (χ0) is 15.5. The predicted octanol–water partition coefficient (Wildman–Crippen LogP) is 2.37. The minimum Gasteiger partial charge on any atom is -0.399 e. The van der Waals surface area contributed by atoms with E-state index in [4.69, 9.17) is 5.73 Å². The summed E-state index contributed by atoms with van der Waals surface area (Å²) < 4.78 is 12.9. The standard InChI is InChI=1S/C17H18FN3O/c18-14-6-4-13(5-7-14)17(22)21-10-8-20(9-11-21)16-3-1-2-15(19)12-16/h1-7,12H,8-11,19H2. The van der Waals surface area contributed by atoms with Crippen molar-refractivity contribution in [2.45, 2.75) is 0 Å². The Bertz CT molecular complexity index is 664. The minimum absolute atomic E-state index is 0.0489. The van der Waals surface area contributed by atoms with Gasteiger partial charge in [-0.1, -0.05) is 6.07 Å². The molecule has 114 valence electrons. The smallest absolute Gasteiger partial charge is 0.253 e. The van der Waals surface area contributed by atoms with Gasteiger partial charge in [0.2, 0.25) is 0 Å². The molecule has 2 N–H and O–H groups in total. The maximum Gasteiger partial charge on any atom is 0.253 e. The Kier molecular flexibility index (Phi) is 3.96. The van der Waals surface area contributed by atoms with Gasteiger partial charge < -0.3 is 15.5 Å². The zero-order valence-corrected chi connectivity index (χ0v) is 12.2. The average Bonchev–Trinajstić information content (AvgIpc) is 2.55. The highest BCUT2D eigenvalue weighted by Crippen LogP contribution is 2.19. The monoisotopic (exact) mass is 299 g/mol. The third-order valence-electron chi connectivity index (χ3n) is 3.89. The lowest BCUT2D eigenvalue weighted by Crippen LogP contribution is -2.48. The van der Waals surface area contributed by atoms with Crippen LogP contribution in [-0.2, 0) is 0 Å². The van der Waals surface area contributed by atoms with E-state index >= 15 is 0 Å². The van der Waals surface area contributed by atoms with Gasteiger partial charge in [0.05, 0.1) is 0 Å². The molecule has 0 radical (unpaired) electrons. The maximum atomic E-state index is 12.9. The molecule has 5 heteroatoms. The molecule has 0 saturated carbocycles. The summed E-state index contributed by atoms with van der Waals surface area (Å²) in [6, 6.07) is 13.4. The molecule has 4 nitrogen and oxygen atoms in total. The molecule has 0 bridgehead atoms. The Hall–Kier alpha value is -2.56. The van der Waals surface area contributed by atoms with Crippen LogP contribution in [0.25, 0.3) is 0 Å². The fraction of sp³-hybridized carbons (Fsp3) is 0.235. The van der Waals surface area contributed by atoms with Crippen molar-refractivity contribution in [3.8, 4) is 0 Å². The number of benzene rings is 2. The number of nitrogen functional groups attached to an aromatic ring is 1. The highest BCUT2D eigenvalue weighted by molar-refractivity contribution is 5.94. The van der Waals surface area contributed by atoms with Crippen molar-refractivity contribution in [3.63, 3.8) is 0 Å². The summed E-state index contributed by atoms with van der Waals surface area (Å²) in [6.07, 6.45) is 0. The van der Waals surface area contributed by atoms with Gasteiger partial charge in [-0.05, 0) is 42.5 Å². The lowest BCUT2D eigenvalue weighted by Gasteiger charge is -2.36. The lowest BCUT2D eigenvalue weighted by molar-refractivity contribution is 0.0746. The number of rotatable bonds is 2. The zero-order valence-electron chi connectivity index (χ0n) is 12.2. The number of amides is 1. The summed E-state index contributed by atoms with van der Waals surface area (Å²) in [5.41, 5.74) is 8.15. The Morgan fingerprint density at radius 3 is 2.32 bits per heavy atom. The van der Waals surface area contributed by atoms with Crippen LogP contribution in [0.15, 0.2) is 48.5 Å². The van der Waals surface area contributed by atoms with Crippen LogP contribution in [0, 0.1) is 5.82 Å². The molecule has 0 aromatic heterocycles. The van der Waals surface area contributed by atoms with Gasteiger partial charge in [0, 0.05) is 43.1 Å². The molecule has 1 aliphatic heterocycles. The SMILES string of the molecule is Nc1cccc(N2CCN(C(=O)c3ccc(F)cc3)CC2)c1. The second-order valence-corrected chi connectivity index (χ2v) is 5.38. The molecule has 0 aliphatic carbocycles. The summed E-state index contributed by atoms with van der Waals surface area (Å²) >= 11 is 0. The highest BCUT2D eigenvalue weighted by atomic mass is 19.1. The molecule has 2 aromatic carbocycles. The summed E-state index contributed by atoms with van der Waals surface area (Å²) in [7, 11) is 0. The first-order chi connectivity index (χ1) is 10.6. The van der Waals surface area contributed by atoms with E-state index in [2.05, 4.69) is 4.90 Å². The van der Waals surface area contributed by atoms with Crippen LogP contribution in [0.5, 0.6) is 0 Å². The van der Waals surface area contributed by atoms with Crippen LogP contribution < -0.4 is 10.6 Å². The van der Waals surface area contributed by atoms with Crippen molar-refractivity contribution < 1.29 is 9.18 Å². The third-order valence-corrected chi connectivity index (χ3v) is 3.89. The quantitative estimate of drug-likeness (QED) is 0.866. The molecule has 1 amide bonds. The number of halogens is 1. The first-order valence-electron chi connectivity index (χ1n) is 7.29. The molecule has 1 heterocycles. The van der Waals surface area contributed by atoms with E-state index in [9.17, 15) is 9.18 Å². The Labute approximate surface area is 128 Å². The van der Waals surface area contributed by atoms with Crippen molar-refractivity contribution >= 4 is 17.3 Å². The fourth-order valence-electron chi connectivity index (χ4n) is 2.66. The Morgan fingerprint density at radius 2 is 1.68 bits per heavy atom. The number of nitrogens with zero attached hydrogens (tertiary/aromatic N) is 2. The first kappa shape index (κ1) is 14.4. The van der Waals surface area contributed by atoms with E-state index in [1.807, 2.05) is 24.3 Å². The second-order valence-electron chi connectivity index (χ2n) is 5.38. The van der Waals surface area contributed by atoms with Crippen LogP contribution in [0.4, 0.5) is 15.8 Å². The van der Waals surface area contributed by atoms with Crippen molar-refractivity contribution in [2.24, 2.45) is 0 Å². The maximum absolute atomic E-state index is 12.9. The van der Waals surface area contributed by atoms with E-state index in [0.717, 1.165) is 24.5 Å². The van der Waals surface area contributed by atoms with Crippen LogP contribution >= 0.6 is 0 Å². The molecule has 1 fully saturated rings. The van der Waals surface area contributed by atoms with Gasteiger partial charge >= 0.3 is 0 Å². The molecule has 0 unspecified atom stereocenters. The number of hydrogen-bond donors (Lipinski definition) is 1. The van der Waals surface area contributed by atoms with Crippen LogP contribution in [0.1, 0.15) is 10.4 Å². The Balaban J connectivity index is 1.64. The van der Waals surface area contributed by atoms with E-state index in [0.29, 0.717) is 18.7 Å².